The lowest BCUT2D eigenvalue weighted by Gasteiger charge is -1.84. The van der Waals surface area contributed by atoms with Gasteiger partial charge in [0.25, 0.3) is 11.0 Å². The predicted molar refractivity (Wildman–Crippen MR) is 30.1 cm³/mol. The molecule has 0 amide bonds. The van der Waals surface area contributed by atoms with Crippen molar-refractivity contribution in [2.24, 2.45) is 0 Å². The van der Waals surface area contributed by atoms with Gasteiger partial charge in [0.05, 0.1) is 6.61 Å². The molecule has 7 heavy (non-hydrogen) atoms. The third-order valence-corrected chi connectivity index (χ3v) is 0.864. The molecule has 0 unspecified atom stereocenters. The summed E-state index contributed by atoms with van der Waals surface area (Å²) in [4.78, 5) is 0. The molecule has 0 fully saturated rings. The van der Waals surface area contributed by atoms with Gasteiger partial charge in [-0.25, -0.2) is 8.42 Å². The molecule has 44 valence electrons. The summed E-state index contributed by atoms with van der Waals surface area (Å²) >= 11 is 3.70. The van der Waals surface area contributed by atoms with Crippen LogP contribution >= 0.6 is 12.6 Å². The van der Waals surface area contributed by atoms with Crippen LogP contribution in [0.15, 0.2) is 0 Å². The van der Waals surface area contributed by atoms with Crippen LogP contribution in [0.3, 0.4) is 0 Å². The van der Waals surface area contributed by atoms with Crippen molar-refractivity contribution < 1.29 is 12.6 Å². The molecule has 0 aliphatic rings. The Balaban J connectivity index is 2.98. The van der Waals surface area contributed by atoms with Gasteiger partial charge < -0.3 is 0 Å². The second-order valence-corrected chi connectivity index (χ2v) is 1.93. The summed E-state index contributed by atoms with van der Waals surface area (Å²) in [7, 11) is -2.66. The highest BCUT2D eigenvalue weighted by molar-refractivity contribution is 7.80. The van der Waals surface area contributed by atoms with E-state index >= 15 is 0 Å². The lowest BCUT2D eigenvalue weighted by molar-refractivity contribution is 0.358. The zero-order valence-corrected chi connectivity index (χ0v) is 5.32. The van der Waals surface area contributed by atoms with Crippen molar-refractivity contribution >= 4 is 23.6 Å². The standard InChI is InChI=1S/C2H6O3S2/c3-7(4)5-1-2-6/h6-7H,1-2H2. The molecule has 0 aromatic rings. The molecule has 0 aliphatic carbocycles. The van der Waals surface area contributed by atoms with E-state index in [2.05, 4.69) is 16.8 Å². The molecule has 0 aromatic heterocycles. The topological polar surface area (TPSA) is 43.4 Å². The molecule has 0 aliphatic heterocycles. The van der Waals surface area contributed by atoms with Gasteiger partial charge in [-0.15, -0.1) is 0 Å². The van der Waals surface area contributed by atoms with Gasteiger partial charge in [-0.2, -0.15) is 12.6 Å². The monoisotopic (exact) mass is 142 g/mol. The Morgan fingerprint density at radius 3 is 2.29 bits per heavy atom. The molecule has 0 saturated heterocycles. The summed E-state index contributed by atoms with van der Waals surface area (Å²) in [5.74, 6) is 0.434. The van der Waals surface area contributed by atoms with Crippen molar-refractivity contribution in [2.45, 2.75) is 0 Å². The Labute approximate surface area is 49.2 Å². The van der Waals surface area contributed by atoms with Crippen molar-refractivity contribution in [1.82, 2.24) is 0 Å². The molecular weight excluding hydrogens is 136 g/mol. The lowest BCUT2D eigenvalue weighted by Crippen LogP contribution is -1.91. The molecule has 0 bridgehead atoms. The van der Waals surface area contributed by atoms with Crippen LogP contribution < -0.4 is 0 Å². The summed E-state index contributed by atoms with van der Waals surface area (Å²) < 4.78 is 23.1. The minimum Gasteiger partial charge on any atom is -0.271 e. The third-order valence-electron chi connectivity index (χ3n) is 0.288. The summed E-state index contributed by atoms with van der Waals surface area (Å²) in [5.41, 5.74) is 0. The van der Waals surface area contributed by atoms with E-state index in [0.717, 1.165) is 0 Å². The SMILES string of the molecule is O=[SH](=O)OCCS. The highest BCUT2D eigenvalue weighted by atomic mass is 32.2. The van der Waals surface area contributed by atoms with Crippen LogP contribution in [-0.4, -0.2) is 20.8 Å². The summed E-state index contributed by atoms with van der Waals surface area (Å²) in [6, 6.07) is 0. The Bertz CT molecular complexity index is 89.1. The normalized spacial score (nSPS) is 10.0. The van der Waals surface area contributed by atoms with Gasteiger partial charge in [-0.1, -0.05) is 0 Å². The molecule has 0 N–H and O–H groups in total. The average Bonchev–Trinajstić information content (AvgIpc) is 1.61. The third kappa shape index (κ3) is 6.26. The molecule has 0 heterocycles. The molecule has 0 radical (unpaired) electrons. The van der Waals surface area contributed by atoms with Crippen LogP contribution in [0.4, 0.5) is 0 Å². The van der Waals surface area contributed by atoms with Crippen molar-refractivity contribution in [3.8, 4) is 0 Å². The van der Waals surface area contributed by atoms with Crippen molar-refractivity contribution in [1.29, 1.82) is 0 Å². The maximum absolute atomic E-state index is 9.54. The quantitative estimate of drug-likeness (QED) is 0.520. The maximum Gasteiger partial charge on any atom is 0.257 e. The molecule has 0 rings (SSSR count). The lowest BCUT2D eigenvalue weighted by atomic mass is 10.9. The minimum absolute atomic E-state index is 0.168. The van der Waals surface area contributed by atoms with E-state index in [1.54, 1.807) is 0 Å². The summed E-state index contributed by atoms with van der Waals surface area (Å²) in [5, 5.41) is 0. The van der Waals surface area contributed by atoms with Crippen LogP contribution in [0.1, 0.15) is 0 Å². The average molecular weight is 142 g/mol. The maximum atomic E-state index is 9.54. The van der Waals surface area contributed by atoms with E-state index < -0.39 is 11.0 Å². The first-order valence-corrected chi connectivity index (χ1v) is 3.38. The van der Waals surface area contributed by atoms with Gasteiger partial charge in [0.15, 0.2) is 0 Å². The minimum atomic E-state index is -2.66. The summed E-state index contributed by atoms with van der Waals surface area (Å²) in [6.45, 7) is 0.168. The van der Waals surface area contributed by atoms with E-state index in [0.29, 0.717) is 5.75 Å². The molecule has 0 aromatic carbocycles. The van der Waals surface area contributed by atoms with Crippen molar-refractivity contribution in [3.63, 3.8) is 0 Å². The Kier molecular flexibility index (Phi) is 4.58. The van der Waals surface area contributed by atoms with E-state index in [9.17, 15) is 8.42 Å². The van der Waals surface area contributed by atoms with Gasteiger partial charge in [-0.05, 0) is 0 Å². The Morgan fingerprint density at radius 2 is 2.14 bits per heavy atom. The van der Waals surface area contributed by atoms with Gasteiger partial charge in [0.2, 0.25) is 0 Å². The van der Waals surface area contributed by atoms with E-state index in [4.69, 9.17) is 0 Å². The highest BCUT2D eigenvalue weighted by Gasteiger charge is 1.79. The molecule has 0 spiro atoms. The number of hydrogen-bond acceptors (Lipinski definition) is 4. The smallest absolute Gasteiger partial charge is 0.257 e. The molecule has 3 nitrogen and oxygen atoms in total. The van der Waals surface area contributed by atoms with Gasteiger partial charge in [0.1, 0.15) is 0 Å². The zero-order chi connectivity index (χ0) is 5.70. The van der Waals surface area contributed by atoms with Gasteiger partial charge in [-0.3, -0.25) is 4.18 Å². The van der Waals surface area contributed by atoms with Crippen LogP contribution in [0.5, 0.6) is 0 Å². The zero-order valence-electron chi connectivity index (χ0n) is 3.53. The van der Waals surface area contributed by atoms with Crippen LogP contribution in [0, 0.1) is 0 Å². The van der Waals surface area contributed by atoms with Crippen LogP contribution in [0.2, 0.25) is 0 Å². The largest absolute Gasteiger partial charge is 0.271 e. The van der Waals surface area contributed by atoms with E-state index in [1.165, 1.54) is 0 Å². The van der Waals surface area contributed by atoms with Crippen LogP contribution in [0.25, 0.3) is 0 Å². The van der Waals surface area contributed by atoms with Crippen LogP contribution in [-0.2, 0) is 15.2 Å². The first-order valence-electron chi connectivity index (χ1n) is 1.65. The summed E-state index contributed by atoms with van der Waals surface area (Å²) in [6.07, 6.45) is 0. The predicted octanol–water partition coefficient (Wildman–Crippen LogP) is -0.541. The van der Waals surface area contributed by atoms with Crippen molar-refractivity contribution in [2.75, 3.05) is 12.4 Å². The number of hydrogen-bond donors (Lipinski definition) is 2. The highest BCUT2D eigenvalue weighted by Crippen LogP contribution is 1.75. The first kappa shape index (κ1) is 7.26. The molecule has 0 atom stereocenters. The van der Waals surface area contributed by atoms with Crippen molar-refractivity contribution in [3.05, 3.63) is 0 Å². The fraction of sp³-hybridized carbons (Fsp3) is 1.00. The molecule has 5 heteroatoms. The first-order chi connectivity index (χ1) is 3.27. The second kappa shape index (κ2) is 4.42. The molecule has 0 saturated carbocycles. The fourth-order valence-corrected chi connectivity index (χ4v) is 0.591. The number of thiol groups is 2. The second-order valence-electron chi connectivity index (χ2n) is 0.780. The Morgan fingerprint density at radius 1 is 1.57 bits per heavy atom. The number of rotatable bonds is 3. The van der Waals surface area contributed by atoms with E-state index in [1.807, 2.05) is 0 Å². The fourth-order valence-electron chi connectivity index (χ4n) is 0.115. The Hall–Kier alpha value is 0.260. The van der Waals surface area contributed by atoms with Gasteiger partial charge in [0, 0.05) is 5.75 Å². The van der Waals surface area contributed by atoms with Gasteiger partial charge >= 0.3 is 0 Å². The molecular formula is C2H6O3S2. The van der Waals surface area contributed by atoms with E-state index in [-0.39, 0.29) is 6.61 Å².